The van der Waals surface area contributed by atoms with Gasteiger partial charge in [0.15, 0.2) is 0 Å². The molecular weight excluding hydrogens is 240 g/mol. The predicted molar refractivity (Wildman–Crippen MR) is 74.9 cm³/mol. The number of non-ortho nitro benzene ring substituents is 1. The Morgan fingerprint density at radius 1 is 1.32 bits per heavy atom. The summed E-state index contributed by atoms with van der Waals surface area (Å²) < 4.78 is 0. The standard InChI is InChI=1S/C15H18N2O2/c16-12-5-8-15(9-6-12)7-1-2-11-3-4-13(17(18)19)10-14(11)15/h1-4,10,12H,5-9,16H2. The number of fused-ring (bicyclic) bond motifs is 2. The van der Waals surface area contributed by atoms with Crippen molar-refractivity contribution in [3.8, 4) is 0 Å². The second kappa shape index (κ2) is 4.46. The van der Waals surface area contributed by atoms with Crippen LogP contribution in [0.2, 0.25) is 0 Å². The number of nitrogens with zero attached hydrogens (tertiary/aromatic N) is 1. The summed E-state index contributed by atoms with van der Waals surface area (Å²) in [6.07, 6.45) is 9.35. The van der Waals surface area contributed by atoms with Crippen molar-refractivity contribution < 1.29 is 4.92 Å². The molecule has 4 nitrogen and oxygen atoms in total. The predicted octanol–water partition coefficient (Wildman–Crippen LogP) is 3.15. The highest BCUT2D eigenvalue weighted by Gasteiger charge is 2.38. The number of hydrogen-bond acceptors (Lipinski definition) is 3. The Bertz CT molecular complexity index is 543. The number of nitro groups is 1. The van der Waals surface area contributed by atoms with E-state index in [4.69, 9.17) is 5.73 Å². The summed E-state index contributed by atoms with van der Waals surface area (Å²) in [6, 6.07) is 5.53. The van der Waals surface area contributed by atoms with Crippen molar-refractivity contribution in [2.45, 2.75) is 43.6 Å². The van der Waals surface area contributed by atoms with E-state index in [0.717, 1.165) is 43.2 Å². The maximum atomic E-state index is 11.0. The van der Waals surface area contributed by atoms with Gasteiger partial charge >= 0.3 is 0 Å². The zero-order valence-corrected chi connectivity index (χ0v) is 10.8. The lowest BCUT2D eigenvalue weighted by Crippen LogP contribution is -2.38. The first-order valence-corrected chi connectivity index (χ1v) is 6.82. The Morgan fingerprint density at radius 3 is 2.74 bits per heavy atom. The lowest BCUT2D eigenvalue weighted by molar-refractivity contribution is -0.385. The quantitative estimate of drug-likeness (QED) is 0.621. The minimum Gasteiger partial charge on any atom is -0.328 e. The molecular formula is C15H18N2O2. The van der Waals surface area contributed by atoms with Gasteiger partial charge in [0.1, 0.15) is 0 Å². The van der Waals surface area contributed by atoms with Crippen LogP contribution < -0.4 is 5.73 Å². The van der Waals surface area contributed by atoms with Crippen LogP contribution in [0.5, 0.6) is 0 Å². The number of rotatable bonds is 1. The second-order valence-corrected chi connectivity index (χ2v) is 5.75. The maximum absolute atomic E-state index is 11.0. The molecule has 0 aliphatic heterocycles. The molecule has 1 aromatic carbocycles. The number of hydrogen-bond donors (Lipinski definition) is 1. The van der Waals surface area contributed by atoms with Gasteiger partial charge in [-0.25, -0.2) is 0 Å². The molecule has 0 aromatic heterocycles. The lowest BCUT2D eigenvalue weighted by Gasteiger charge is -2.41. The molecule has 100 valence electrons. The largest absolute Gasteiger partial charge is 0.328 e. The van der Waals surface area contributed by atoms with Gasteiger partial charge in [0.05, 0.1) is 4.92 Å². The zero-order valence-electron chi connectivity index (χ0n) is 10.8. The SMILES string of the molecule is NC1CCC2(CC=Cc3ccc([N+](=O)[O-])cc32)CC1. The van der Waals surface area contributed by atoms with Crippen LogP contribution in [0.1, 0.15) is 43.2 Å². The lowest BCUT2D eigenvalue weighted by atomic mass is 9.63. The smallest absolute Gasteiger partial charge is 0.269 e. The first-order chi connectivity index (χ1) is 9.11. The molecule has 1 aromatic rings. The summed E-state index contributed by atoms with van der Waals surface area (Å²) in [7, 11) is 0. The maximum Gasteiger partial charge on any atom is 0.269 e. The highest BCUT2D eigenvalue weighted by molar-refractivity contribution is 5.62. The highest BCUT2D eigenvalue weighted by Crippen LogP contribution is 2.46. The molecule has 0 atom stereocenters. The Hall–Kier alpha value is -1.68. The van der Waals surface area contributed by atoms with Gasteiger partial charge in [-0.2, -0.15) is 0 Å². The molecule has 2 aliphatic carbocycles. The van der Waals surface area contributed by atoms with Crippen molar-refractivity contribution in [1.82, 2.24) is 0 Å². The van der Waals surface area contributed by atoms with E-state index >= 15 is 0 Å². The van der Waals surface area contributed by atoms with E-state index in [2.05, 4.69) is 12.2 Å². The topological polar surface area (TPSA) is 69.2 Å². The van der Waals surface area contributed by atoms with Crippen LogP contribution in [0.4, 0.5) is 5.69 Å². The number of benzene rings is 1. The van der Waals surface area contributed by atoms with Crippen molar-refractivity contribution in [3.63, 3.8) is 0 Å². The molecule has 2 aliphatic rings. The summed E-state index contributed by atoms with van der Waals surface area (Å²) >= 11 is 0. The van der Waals surface area contributed by atoms with Crippen LogP contribution in [-0.2, 0) is 5.41 Å². The average molecular weight is 258 g/mol. The van der Waals surface area contributed by atoms with Crippen molar-refractivity contribution in [2.24, 2.45) is 5.73 Å². The van der Waals surface area contributed by atoms with E-state index in [1.807, 2.05) is 6.07 Å². The molecule has 0 amide bonds. The molecule has 2 N–H and O–H groups in total. The molecule has 0 saturated heterocycles. The minimum atomic E-state index is -0.305. The van der Waals surface area contributed by atoms with Gasteiger partial charge in [-0.3, -0.25) is 10.1 Å². The van der Waals surface area contributed by atoms with E-state index in [0.29, 0.717) is 6.04 Å². The number of nitro benzene ring substituents is 1. The highest BCUT2D eigenvalue weighted by atomic mass is 16.6. The van der Waals surface area contributed by atoms with E-state index in [-0.39, 0.29) is 16.0 Å². The van der Waals surface area contributed by atoms with Gasteiger partial charge in [0.25, 0.3) is 5.69 Å². The molecule has 0 heterocycles. The molecule has 1 saturated carbocycles. The monoisotopic (exact) mass is 258 g/mol. The van der Waals surface area contributed by atoms with Crippen LogP contribution in [0.25, 0.3) is 6.08 Å². The molecule has 0 unspecified atom stereocenters. The van der Waals surface area contributed by atoms with Gasteiger partial charge in [0.2, 0.25) is 0 Å². The normalized spacial score (nSPS) is 29.2. The van der Waals surface area contributed by atoms with Crippen molar-refractivity contribution in [2.75, 3.05) is 0 Å². The summed E-state index contributed by atoms with van der Waals surface area (Å²) in [6.45, 7) is 0. The van der Waals surface area contributed by atoms with E-state index in [1.54, 1.807) is 12.1 Å². The summed E-state index contributed by atoms with van der Waals surface area (Å²) in [5, 5.41) is 11.0. The summed E-state index contributed by atoms with van der Waals surface area (Å²) in [5.41, 5.74) is 8.55. The Kier molecular flexibility index (Phi) is 2.90. The van der Waals surface area contributed by atoms with Gasteiger partial charge in [0, 0.05) is 18.2 Å². The van der Waals surface area contributed by atoms with Gasteiger partial charge in [-0.15, -0.1) is 0 Å². The van der Waals surface area contributed by atoms with E-state index in [1.165, 1.54) is 0 Å². The Labute approximate surface area is 112 Å². The van der Waals surface area contributed by atoms with Gasteiger partial charge in [-0.1, -0.05) is 12.2 Å². The first-order valence-electron chi connectivity index (χ1n) is 6.82. The molecule has 4 heteroatoms. The molecule has 0 radical (unpaired) electrons. The molecule has 19 heavy (non-hydrogen) atoms. The summed E-state index contributed by atoms with van der Waals surface area (Å²) in [4.78, 5) is 10.7. The van der Waals surface area contributed by atoms with Crippen LogP contribution >= 0.6 is 0 Å². The van der Waals surface area contributed by atoms with E-state index < -0.39 is 0 Å². The Balaban J connectivity index is 2.05. The molecule has 0 bridgehead atoms. The average Bonchev–Trinajstić information content (AvgIpc) is 2.42. The van der Waals surface area contributed by atoms with Gasteiger partial charge < -0.3 is 5.73 Å². The van der Waals surface area contributed by atoms with Crippen molar-refractivity contribution in [3.05, 3.63) is 45.5 Å². The number of allylic oxidation sites excluding steroid dienone is 1. The van der Waals surface area contributed by atoms with Gasteiger partial charge in [-0.05, 0) is 54.7 Å². The van der Waals surface area contributed by atoms with Crippen molar-refractivity contribution in [1.29, 1.82) is 0 Å². The Morgan fingerprint density at radius 2 is 2.05 bits per heavy atom. The molecule has 1 fully saturated rings. The molecule has 1 spiro atoms. The fraction of sp³-hybridized carbons (Fsp3) is 0.467. The van der Waals surface area contributed by atoms with E-state index in [9.17, 15) is 10.1 Å². The third-order valence-electron chi connectivity index (χ3n) is 4.61. The van der Waals surface area contributed by atoms with Crippen LogP contribution in [0, 0.1) is 10.1 Å². The summed E-state index contributed by atoms with van der Waals surface area (Å²) in [5.74, 6) is 0. The minimum absolute atomic E-state index is 0.0754. The third-order valence-corrected chi connectivity index (χ3v) is 4.61. The molecule has 3 rings (SSSR count). The van der Waals surface area contributed by atoms with Crippen LogP contribution in [0.15, 0.2) is 24.3 Å². The second-order valence-electron chi connectivity index (χ2n) is 5.75. The van der Waals surface area contributed by atoms with Crippen LogP contribution in [0.3, 0.4) is 0 Å². The van der Waals surface area contributed by atoms with Crippen molar-refractivity contribution >= 4 is 11.8 Å². The first kappa shape index (κ1) is 12.4. The fourth-order valence-electron chi connectivity index (χ4n) is 3.45. The number of nitrogens with two attached hydrogens (primary N) is 1. The third kappa shape index (κ3) is 2.06. The fourth-order valence-corrected chi connectivity index (χ4v) is 3.45. The van der Waals surface area contributed by atoms with Crippen LogP contribution in [-0.4, -0.2) is 11.0 Å². The zero-order chi connectivity index (χ0) is 13.5.